The quantitative estimate of drug-likeness (QED) is 0.526. The molecule has 0 bridgehead atoms. The number of ether oxygens (including phenoxy) is 1. The van der Waals surface area contributed by atoms with Crippen LogP contribution in [0.3, 0.4) is 0 Å². The standard InChI is InChI=1S/C24H26F6N4O3/c1-33(2)20-4-3-18(14-19(20)22(36)31-5-6-34-7-9-37-10-8-34)32-21(35)15-11-16(23(25,26)27)13-17(12-15)24(28,29)30/h3-4,11-14H,5-10H2,1-2H3,(H,31,36)(H,32,35). The van der Waals surface area contributed by atoms with E-state index < -0.39 is 40.9 Å². The van der Waals surface area contributed by atoms with Gasteiger partial charge in [0.15, 0.2) is 0 Å². The number of carbonyl (C=O) groups is 2. The minimum atomic E-state index is -5.09. The molecular formula is C24H26F6N4O3. The lowest BCUT2D eigenvalue weighted by Crippen LogP contribution is -2.41. The van der Waals surface area contributed by atoms with Crippen molar-refractivity contribution in [1.29, 1.82) is 0 Å². The van der Waals surface area contributed by atoms with E-state index in [-0.39, 0.29) is 17.3 Å². The zero-order valence-electron chi connectivity index (χ0n) is 20.1. The summed E-state index contributed by atoms with van der Waals surface area (Å²) in [6.07, 6.45) is -10.2. The summed E-state index contributed by atoms with van der Waals surface area (Å²) in [6.45, 7) is 3.64. The van der Waals surface area contributed by atoms with Crippen molar-refractivity contribution in [2.45, 2.75) is 12.4 Å². The number of alkyl halides is 6. The van der Waals surface area contributed by atoms with Gasteiger partial charge < -0.3 is 20.3 Å². The molecule has 1 aliphatic heterocycles. The molecule has 0 aromatic heterocycles. The van der Waals surface area contributed by atoms with Crippen molar-refractivity contribution in [3.8, 4) is 0 Å². The second-order valence-electron chi connectivity index (χ2n) is 8.58. The Bertz CT molecular complexity index is 1100. The van der Waals surface area contributed by atoms with Gasteiger partial charge in [-0.3, -0.25) is 14.5 Å². The lowest BCUT2D eigenvalue weighted by atomic mass is 10.0. The van der Waals surface area contributed by atoms with E-state index in [4.69, 9.17) is 4.74 Å². The molecule has 3 rings (SSSR count). The number of hydrogen-bond acceptors (Lipinski definition) is 5. The summed E-state index contributed by atoms with van der Waals surface area (Å²) in [5.41, 5.74) is -3.33. The summed E-state index contributed by atoms with van der Waals surface area (Å²) in [6, 6.07) is 4.86. The summed E-state index contributed by atoms with van der Waals surface area (Å²) in [5, 5.41) is 5.08. The van der Waals surface area contributed by atoms with E-state index >= 15 is 0 Å². The topological polar surface area (TPSA) is 73.9 Å². The molecule has 2 N–H and O–H groups in total. The number of benzene rings is 2. The molecule has 7 nitrogen and oxygen atoms in total. The van der Waals surface area contributed by atoms with E-state index in [9.17, 15) is 35.9 Å². The zero-order valence-corrected chi connectivity index (χ0v) is 20.1. The molecule has 1 heterocycles. The summed E-state index contributed by atoms with van der Waals surface area (Å²) in [4.78, 5) is 29.3. The van der Waals surface area contributed by atoms with Crippen molar-refractivity contribution in [3.63, 3.8) is 0 Å². The van der Waals surface area contributed by atoms with E-state index in [1.807, 2.05) is 0 Å². The number of morpholine rings is 1. The highest BCUT2D eigenvalue weighted by atomic mass is 19.4. The number of amides is 2. The van der Waals surface area contributed by atoms with Crippen LogP contribution in [0, 0.1) is 0 Å². The molecule has 0 saturated carbocycles. The maximum absolute atomic E-state index is 13.2. The number of hydrogen-bond donors (Lipinski definition) is 2. The Morgan fingerprint density at radius 2 is 1.51 bits per heavy atom. The Morgan fingerprint density at radius 1 is 0.919 bits per heavy atom. The summed E-state index contributed by atoms with van der Waals surface area (Å²) in [5.74, 6) is -1.64. The minimum Gasteiger partial charge on any atom is -0.379 e. The van der Waals surface area contributed by atoms with Crippen LogP contribution in [0.4, 0.5) is 37.7 Å². The highest BCUT2D eigenvalue weighted by Gasteiger charge is 2.37. The van der Waals surface area contributed by atoms with Crippen LogP contribution in [0.5, 0.6) is 0 Å². The third-order valence-corrected chi connectivity index (χ3v) is 5.65. The molecule has 1 saturated heterocycles. The molecule has 13 heteroatoms. The second kappa shape index (κ2) is 11.4. The van der Waals surface area contributed by atoms with Crippen molar-refractivity contribution >= 4 is 23.2 Å². The highest BCUT2D eigenvalue weighted by Crippen LogP contribution is 2.36. The Morgan fingerprint density at radius 3 is 2.05 bits per heavy atom. The first-order valence-electron chi connectivity index (χ1n) is 11.3. The van der Waals surface area contributed by atoms with Gasteiger partial charge in [-0.2, -0.15) is 26.3 Å². The molecule has 2 aromatic rings. The van der Waals surface area contributed by atoms with Crippen molar-refractivity contribution in [2.24, 2.45) is 0 Å². The van der Waals surface area contributed by atoms with Gasteiger partial charge in [-0.25, -0.2) is 0 Å². The third kappa shape index (κ3) is 7.59. The number of anilines is 2. The molecule has 2 amide bonds. The van der Waals surface area contributed by atoms with Crippen molar-refractivity contribution in [3.05, 3.63) is 58.7 Å². The van der Waals surface area contributed by atoms with Gasteiger partial charge in [-0.1, -0.05) is 0 Å². The number of nitrogens with zero attached hydrogens (tertiary/aromatic N) is 2. The molecule has 202 valence electrons. The van der Waals surface area contributed by atoms with Gasteiger partial charge in [0, 0.05) is 57.2 Å². The lowest BCUT2D eigenvalue weighted by Gasteiger charge is -2.26. The predicted octanol–water partition coefficient (Wildman–Crippen LogP) is 4.10. The Labute approximate surface area is 209 Å². The van der Waals surface area contributed by atoms with Gasteiger partial charge >= 0.3 is 12.4 Å². The van der Waals surface area contributed by atoms with Crippen LogP contribution >= 0.6 is 0 Å². The third-order valence-electron chi connectivity index (χ3n) is 5.65. The van der Waals surface area contributed by atoms with Crippen molar-refractivity contribution < 1.29 is 40.7 Å². The van der Waals surface area contributed by atoms with Crippen molar-refractivity contribution in [1.82, 2.24) is 10.2 Å². The first kappa shape index (κ1) is 28.3. The maximum Gasteiger partial charge on any atom is 0.416 e. The Kier molecular flexibility index (Phi) is 8.69. The van der Waals surface area contributed by atoms with Gasteiger partial charge in [0.05, 0.1) is 29.9 Å². The van der Waals surface area contributed by atoms with Gasteiger partial charge in [-0.05, 0) is 36.4 Å². The molecule has 0 unspecified atom stereocenters. The highest BCUT2D eigenvalue weighted by molar-refractivity contribution is 6.06. The first-order chi connectivity index (χ1) is 17.3. The molecule has 1 fully saturated rings. The predicted molar refractivity (Wildman–Crippen MR) is 125 cm³/mol. The van der Waals surface area contributed by atoms with Gasteiger partial charge in [0.1, 0.15) is 0 Å². The molecule has 2 aromatic carbocycles. The molecular weight excluding hydrogens is 506 g/mol. The molecule has 37 heavy (non-hydrogen) atoms. The Hall–Kier alpha value is -3.32. The first-order valence-corrected chi connectivity index (χ1v) is 11.3. The Balaban J connectivity index is 1.81. The van der Waals surface area contributed by atoms with E-state index in [0.29, 0.717) is 44.1 Å². The van der Waals surface area contributed by atoms with E-state index in [1.54, 1.807) is 19.0 Å². The van der Waals surface area contributed by atoms with Gasteiger partial charge in [0.25, 0.3) is 11.8 Å². The molecule has 1 aliphatic rings. The molecule has 0 radical (unpaired) electrons. The second-order valence-corrected chi connectivity index (χ2v) is 8.58. The normalized spacial score (nSPS) is 14.8. The van der Waals surface area contributed by atoms with Crippen LogP contribution < -0.4 is 15.5 Å². The van der Waals surface area contributed by atoms with Crippen molar-refractivity contribution in [2.75, 3.05) is 63.7 Å². The number of rotatable bonds is 7. The number of nitrogens with one attached hydrogen (secondary N) is 2. The van der Waals surface area contributed by atoms with E-state index in [1.165, 1.54) is 18.2 Å². The fourth-order valence-electron chi connectivity index (χ4n) is 3.72. The van der Waals surface area contributed by atoms with E-state index in [2.05, 4.69) is 15.5 Å². The van der Waals surface area contributed by atoms with Crippen LogP contribution in [0.1, 0.15) is 31.8 Å². The molecule has 0 aliphatic carbocycles. The van der Waals surface area contributed by atoms with Crippen LogP contribution in [0.2, 0.25) is 0 Å². The van der Waals surface area contributed by atoms with Gasteiger partial charge in [-0.15, -0.1) is 0 Å². The maximum atomic E-state index is 13.2. The van der Waals surface area contributed by atoms with Crippen LogP contribution in [0.15, 0.2) is 36.4 Å². The minimum absolute atomic E-state index is 0.0277. The molecule has 0 spiro atoms. The average Bonchev–Trinajstić information content (AvgIpc) is 2.83. The summed E-state index contributed by atoms with van der Waals surface area (Å²) in [7, 11) is 3.39. The monoisotopic (exact) mass is 532 g/mol. The van der Waals surface area contributed by atoms with Crippen LogP contribution in [-0.4, -0.2) is 70.2 Å². The fourth-order valence-corrected chi connectivity index (χ4v) is 3.72. The number of halogens is 6. The smallest absolute Gasteiger partial charge is 0.379 e. The fraction of sp³-hybridized carbons (Fsp3) is 0.417. The largest absolute Gasteiger partial charge is 0.416 e. The molecule has 0 atom stereocenters. The lowest BCUT2D eigenvalue weighted by molar-refractivity contribution is -0.143. The average molecular weight is 532 g/mol. The van der Waals surface area contributed by atoms with Crippen LogP contribution in [0.25, 0.3) is 0 Å². The van der Waals surface area contributed by atoms with E-state index in [0.717, 1.165) is 13.1 Å². The zero-order chi connectivity index (χ0) is 27.4. The summed E-state index contributed by atoms with van der Waals surface area (Å²) < 4.78 is 84.2. The summed E-state index contributed by atoms with van der Waals surface area (Å²) >= 11 is 0. The SMILES string of the molecule is CN(C)c1ccc(NC(=O)c2cc(C(F)(F)F)cc(C(F)(F)F)c2)cc1C(=O)NCCN1CCOCC1. The number of carbonyl (C=O) groups excluding carboxylic acids is 2. The van der Waals surface area contributed by atoms with Crippen LogP contribution in [-0.2, 0) is 17.1 Å². The van der Waals surface area contributed by atoms with Gasteiger partial charge in [0.2, 0.25) is 0 Å².